The van der Waals surface area contributed by atoms with E-state index in [9.17, 15) is 4.79 Å². The maximum Gasteiger partial charge on any atom is 0.244 e. The van der Waals surface area contributed by atoms with Gasteiger partial charge in [0.15, 0.2) is 0 Å². The highest BCUT2D eigenvalue weighted by molar-refractivity contribution is 5.99. The number of carbonyl (C=O) groups is 1. The Morgan fingerprint density at radius 3 is 2.11 bits per heavy atom. The van der Waals surface area contributed by atoms with E-state index in [1.54, 1.807) is 6.08 Å². The van der Waals surface area contributed by atoms with Crippen molar-refractivity contribution < 1.29 is 4.79 Å². The quantitative estimate of drug-likeness (QED) is 0.466. The molecule has 138 valence electrons. The topological polar surface area (TPSA) is 44.9 Å². The Labute approximate surface area is 164 Å². The molecule has 0 fully saturated rings. The normalized spacial score (nSPS) is 10.6. The summed E-state index contributed by atoms with van der Waals surface area (Å²) in [4.78, 5) is 15.9. The minimum absolute atomic E-state index is 0.0810. The number of nitrogens with one attached hydrogen (secondary N) is 2. The van der Waals surface area contributed by atoms with Crippen molar-refractivity contribution in [3.05, 3.63) is 114 Å². The number of amides is 1. The number of H-pyrrole nitrogens is 1. The van der Waals surface area contributed by atoms with Crippen LogP contribution in [0, 0.1) is 0 Å². The van der Waals surface area contributed by atoms with E-state index < -0.39 is 0 Å². The molecule has 2 N–H and O–H groups in total. The predicted octanol–water partition coefficient (Wildman–Crippen LogP) is 4.96. The standard InChI is InChI=1S/C25H22N2O/c28-25(26-16-15-21-18-27-24-14-8-7-13-22(21)24)17-23(19-9-3-1-4-10-19)20-11-5-2-6-12-20/h1-14,17-18,27H,15-16H2,(H,26,28). The highest BCUT2D eigenvalue weighted by Gasteiger charge is 2.08. The molecule has 0 spiro atoms. The first-order chi connectivity index (χ1) is 13.8. The van der Waals surface area contributed by atoms with Crippen LogP contribution in [0.2, 0.25) is 0 Å². The number of carbonyl (C=O) groups excluding carboxylic acids is 1. The van der Waals surface area contributed by atoms with E-state index in [-0.39, 0.29) is 5.91 Å². The second kappa shape index (κ2) is 8.40. The van der Waals surface area contributed by atoms with Gasteiger partial charge >= 0.3 is 0 Å². The maximum absolute atomic E-state index is 12.6. The molecule has 0 aliphatic heterocycles. The van der Waals surface area contributed by atoms with Crippen molar-refractivity contribution >= 4 is 22.4 Å². The molecule has 3 aromatic carbocycles. The van der Waals surface area contributed by atoms with Crippen LogP contribution >= 0.6 is 0 Å². The number of aromatic amines is 1. The van der Waals surface area contributed by atoms with Crippen molar-refractivity contribution in [1.82, 2.24) is 10.3 Å². The first-order valence-corrected chi connectivity index (χ1v) is 9.46. The van der Waals surface area contributed by atoms with Crippen LogP contribution in [0.5, 0.6) is 0 Å². The number of aromatic nitrogens is 1. The lowest BCUT2D eigenvalue weighted by molar-refractivity contribution is -0.116. The predicted molar refractivity (Wildman–Crippen MR) is 115 cm³/mol. The first kappa shape index (κ1) is 17.8. The summed E-state index contributed by atoms with van der Waals surface area (Å²) >= 11 is 0. The molecule has 0 saturated heterocycles. The molecule has 28 heavy (non-hydrogen) atoms. The van der Waals surface area contributed by atoms with Crippen LogP contribution in [0.15, 0.2) is 97.2 Å². The lowest BCUT2D eigenvalue weighted by Crippen LogP contribution is -2.24. The molecule has 0 aliphatic carbocycles. The summed E-state index contributed by atoms with van der Waals surface area (Å²) in [5.41, 5.74) is 5.32. The molecule has 1 amide bonds. The van der Waals surface area contributed by atoms with Crippen molar-refractivity contribution in [2.24, 2.45) is 0 Å². The molecule has 0 radical (unpaired) electrons. The fourth-order valence-corrected chi connectivity index (χ4v) is 3.41. The fraction of sp³-hybridized carbons (Fsp3) is 0.0800. The Morgan fingerprint density at radius 1 is 0.821 bits per heavy atom. The second-order valence-corrected chi connectivity index (χ2v) is 6.69. The summed E-state index contributed by atoms with van der Waals surface area (Å²) < 4.78 is 0. The molecule has 4 rings (SSSR count). The fourth-order valence-electron chi connectivity index (χ4n) is 3.41. The lowest BCUT2D eigenvalue weighted by Gasteiger charge is -2.09. The number of hydrogen-bond donors (Lipinski definition) is 2. The smallest absolute Gasteiger partial charge is 0.244 e. The molecule has 3 heteroatoms. The van der Waals surface area contributed by atoms with Gasteiger partial charge in [-0.05, 0) is 34.8 Å². The van der Waals surface area contributed by atoms with Gasteiger partial charge in [0.1, 0.15) is 0 Å². The number of rotatable bonds is 6. The molecule has 0 atom stereocenters. The molecule has 0 saturated carbocycles. The number of hydrogen-bond acceptors (Lipinski definition) is 1. The molecule has 3 nitrogen and oxygen atoms in total. The summed E-state index contributed by atoms with van der Waals surface area (Å²) in [6.45, 7) is 0.591. The van der Waals surface area contributed by atoms with Crippen LogP contribution in [0.3, 0.4) is 0 Å². The Balaban J connectivity index is 1.48. The summed E-state index contributed by atoms with van der Waals surface area (Å²) in [6.07, 6.45) is 4.50. The third-order valence-electron chi connectivity index (χ3n) is 4.81. The van der Waals surface area contributed by atoms with Crippen LogP contribution in [-0.4, -0.2) is 17.4 Å². The van der Waals surface area contributed by atoms with E-state index in [2.05, 4.69) is 22.4 Å². The molecular weight excluding hydrogens is 344 g/mol. The highest BCUT2D eigenvalue weighted by Crippen LogP contribution is 2.23. The SMILES string of the molecule is O=C(C=C(c1ccccc1)c1ccccc1)NCCc1c[nH]c2ccccc12. The Kier molecular flexibility index (Phi) is 5.34. The van der Waals surface area contributed by atoms with Crippen LogP contribution in [-0.2, 0) is 11.2 Å². The molecule has 0 unspecified atom stereocenters. The largest absolute Gasteiger partial charge is 0.361 e. The van der Waals surface area contributed by atoms with E-state index in [1.807, 2.05) is 79.0 Å². The van der Waals surface area contributed by atoms with Gasteiger partial charge in [-0.15, -0.1) is 0 Å². The van der Waals surface area contributed by atoms with Crippen molar-refractivity contribution in [2.75, 3.05) is 6.54 Å². The minimum Gasteiger partial charge on any atom is -0.361 e. The van der Waals surface area contributed by atoms with Crippen LogP contribution < -0.4 is 5.32 Å². The van der Waals surface area contributed by atoms with Crippen molar-refractivity contribution in [2.45, 2.75) is 6.42 Å². The summed E-state index contributed by atoms with van der Waals surface area (Å²) in [6, 6.07) is 28.2. The Morgan fingerprint density at radius 2 is 1.43 bits per heavy atom. The van der Waals surface area contributed by atoms with Gasteiger partial charge in [-0.1, -0.05) is 78.9 Å². The number of para-hydroxylation sites is 1. The van der Waals surface area contributed by atoms with E-state index in [0.29, 0.717) is 6.54 Å². The van der Waals surface area contributed by atoms with Gasteiger partial charge in [-0.2, -0.15) is 0 Å². The van der Waals surface area contributed by atoms with Gasteiger partial charge in [0.05, 0.1) is 0 Å². The van der Waals surface area contributed by atoms with E-state index in [0.717, 1.165) is 28.6 Å². The first-order valence-electron chi connectivity index (χ1n) is 9.46. The van der Waals surface area contributed by atoms with Crippen LogP contribution in [0.25, 0.3) is 16.5 Å². The molecule has 1 aromatic heterocycles. The maximum atomic E-state index is 12.6. The van der Waals surface area contributed by atoms with E-state index >= 15 is 0 Å². The number of fused-ring (bicyclic) bond motifs is 1. The summed E-state index contributed by atoms with van der Waals surface area (Å²) in [5, 5.41) is 4.24. The lowest BCUT2D eigenvalue weighted by atomic mass is 9.97. The van der Waals surface area contributed by atoms with E-state index in [1.165, 1.54) is 10.9 Å². The van der Waals surface area contributed by atoms with Crippen molar-refractivity contribution in [3.63, 3.8) is 0 Å². The molecule has 0 aliphatic rings. The molecular formula is C25H22N2O. The molecule has 1 heterocycles. The third kappa shape index (κ3) is 4.04. The van der Waals surface area contributed by atoms with Gasteiger partial charge < -0.3 is 10.3 Å². The Hall–Kier alpha value is -3.59. The van der Waals surface area contributed by atoms with Crippen molar-refractivity contribution in [1.29, 1.82) is 0 Å². The Bertz CT molecular complexity index is 1050. The third-order valence-corrected chi connectivity index (χ3v) is 4.81. The van der Waals surface area contributed by atoms with Crippen LogP contribution in [0.4, 0.5) is 0 Å². The average molecular weight is 366 g/mol. The minimum atomic E-state index is -0.0810. The van der Waals surface area contributed by atoms with Gasteiger partial charge in [0.25, 0.3) is 0 Å². The van der Waals surface area contributed by atoms with Crippen LogP contribution in [0.1, 0.15) is 16.7 Å². The zero-order valence-electron chi connectivity index (χ0n) is 15.6. The zero-order chi connectivity index (χ0) is 19.2. The monoisotopic (exact) mass is 366 g/mol. The van der Waals surface area contributed by atoms with Gasteiger partial charge in [0.2, 0.25) is 5.91 Å². The summed E-state index contributed by atoms with van der Waals surface area (Å²) in [7, 11) is 0. The number of benzene rings is 3. The summed E-state index contributed by atoms with van der Waals surface area (Å²) in [5.74, 6) is -0.0810. The van der Waals surface area contributed by atoms with Crippen molar-refractivity contribution in [3.8, 4) is 0 Å². The highest BCUT2D eigenvalue weighted by atomic mass is 16.1. The second-order valence-electron chi connectivity index (χ2n) is 6.69. The van der Waals surface area contributed by atoms with E-state index in [4.69, 9.17) is 0 Å². The average Bonchev–Trinajstić information content (AvgIpc) is 3.16. The zero-order valence-corrected chi connectivity index (χ0v) is 15.6. The van der Waals surface area contributed by atoms with Gasteiger partial charge in [-0.25, -0.2) is 0 Å². The molecule has 0 bridgehead atoms. The van der Waals surface area contributed by atoms with Gasteiger partial charge in [0, 0.05) is 29.7 Å². The van der Waals surface area contributed by atoms with Gasteiger partial charge in [-0.3, -0.25) is 4.79 Å². The molecule has 4 aromatic rings.